The summed E-state index contributed by atoms with van der Waals surface area (Å²) >= 11 is 8.45. The lowest BCUT2D eigenvalue weighted by Gasteiger charge is -2.22. The molecule has 0 bridgehead atoms. The molecule has 1 heterocycles. The Labute approximate surface area is 119 Å². The molecule has 2 rings (SSSR count). The summed E-state index contributed by atoms with van der Waals surface area (Å²) in [6, 6.07) is 7.64. The molecule has 0 spiro atoms. The summed E-state index contributed by atoms with van der Waals surface area (Å²) in [5.74, 6) is 0. The largest absolute Gasteiger partial charge is 0.326 e. The zero-order valence-electron chi connectivity index (χ0n) is 9.35. The highest BCUT2D eigenvalue weighted by atomic mass is 127. The fraction of sp³-hybridized carbons (Fsp3) is 0.250. The normalized spacial score (nSPS) is 14.6. The number of hydrogen-bond acceptors (Lipinski definition) is 2. The molecule has 0 aliphatic heterocycles. The quantitative estimate of drug-likeness (QED) is 0.854. The number of halogens is 2. The van der Waals surface area contributed by atoms with Crippen LogP contribution in [0.5, 0.6) is 0 Å². The number of nitrogens with zero attached hydrogens (tertiary/aromatic N) is 2. The molecular formula is C12H13ClIN3. The predicted octanol–water partition coefficient (Wildman–Crippen LogP) is 3.08. The van der Waals surface area contributed by atoms with Crippen molar-refractivity contribution in [2.45, 2.75) is 19.0 Å². The molecule has 0 saturated heterocycles. The molecule has 0 saturated carbocycles. The van der Waals surface area contributed by atoms with Gasteiger partial charge in [-0.2, -0.15) is 5.10 Å². The molecule has 0 amide bonds. The molecule has 17 heavy (non-hydrogen) atoms. The van der Waals surface area contributed by atoms with E-state index in [1.165, 1.54) is 0 Å². The zero-order chi connectivity index (χ0) is 12.4. The minimum Gasteiger partial charge on any atom is -0.326 e. The molecule has 1 aromatic heterocycles. The van der Waals surface area contributed by atoms with Crippen LogP contribution in [-0.2, 0) is 0 Å². The van der Waals surface area contributed by atoms with Crippen molar-refractivity contribution >= 4 is 34.2 Å². The smallest absolute Gasteiger partial charge is 0.0931 e. The molecule has 0 aliphatic rings. The molecule has 2 aromatic rings. The fourth-order valence-electron chi connectivity index (χ4n) is 1.85. The van der Waals surface area contributed by atoms with Crippen LogP contribution in [0, 0.1) is 3.57 Å². The van der Waals surface area contributed by atoms with Gasteiger partial charge in [-0.3, -0.25) is 4.68 Å². The van der Waals surface area contributed by atoms with E-state index in [1.807, 2.05) is 48.3 Å². The lowest BCUT2D eigenvalue weighted by Crippen LogP contribution is -2.30. The lowest BCUT2D eigenvalue weighted by molar-refractivity contribution is 0.454. The maximum atomic E-state index is 6.22. The molecule has 2 unspecified atom stereocenters. The van der Waals surface area contributed by atoms with E-state index in [2.05, 4.69) is 27.7 Å². The second kappa shape index (κ2) is 5.37. The maximum absolute atomic E-state index is 6.22. The van der Waals surface area contributed by atoms with Crippen LogP contribution in [0.2, 0.25) is 5.02 Å². The highest BCUT2D eigenvalue weighted by Gasteiger charge is 2.21. The zero-order valence-corrected chi connectivity index (χ0v) is 12.3. The van der Waals surface area contributed by atoms with Crippen LogP contribution in [-0.4, -0.2) is 15.8 Å². The third kappa shape index (κ3) is 2.81. The van der Waals surface area contributed by atoms with Gasteiger partial charge in [0.25, 0.3) is 0 Å². The van der Waals surface area contributed by atoms with Crippen LogP contribution in [0.3, 0.4) is 0 Å². The summed E-state index contributed by atoms with van der Waals surface area (Å²) in [6.45, 7) is 1.96. The van der Waals surface area contributed by atoms with Crippen molar-refractivity contribution < 1.29 is 0 Å². The minimum absolute atomic E-state index is 0.0350. The Balaban J connectivity index is 2.47. The number of hydrogen-bond donors (Lipinski definition) is 1. The average molecular weight is 362 g/mol. The Kier molecular flexibility index (Phi) is 4.06. The molecule has 0 fully saturated rings. The van der Waals surface area contributed by atoms with Gasteiger partial charge in [0.15, 0.2) is 0 Å². The van der Waals surface area contributed by atoms with Crippen LogP contribution in [0.25, 0.3) is 0 Å². The van der Waals surface area contributed by atoms with E-state index in [0.29, 0.717) is 0 Å². The summed E-state index contributed by atoms with van der Waals surface area (Å²) in [5.41, 5.74) is 7.06. The van der Waals surface area contributed by atoms with Crippen molar-refractivity contribution in [1.29, 1.82) is 0 Å². The third-order valence-electron chi connectivity index (χ3n) is 2.58. The molecule has 0 radical (unpaired) electrons. The van der Waals surface area contributed by atoms with E-state index in [-0.39, 0.29) is 12.1 Å². The number of nitrogens with two attached hydrogens (primary N) is 1. The lowest BCUT2D eigenvalue weighted by atomic mass is 10.0. The van der Waals surface area contributed by atoms with E-state index in [0.717, 1.165) is 14.2 Å². The predicted molar refractivity (Wildman–Crippen MR) is 78.2 cm³/mol. The third-order valence-corrected chi connectivity index (χ3v) is 3.48. The van der Waals surface area contributed by atoms with Crippen LogP contribution in [0.15, 0.2) is 36.7 Å². The van der Waals surface area contributed by atoms with Gasteiger partial charge in [-0.15, -0.1) is 0 Å². The Morgan fingerprint density at radius 2 is 2.12 bits per heavy atom. The summed E-state index contributed by atoms with van der Waals surface area (Å²) in [6.07, 6.45) is 3.78. The Morgan fingerprint density at radius 1 is 1.41 bits per heavy atom. The molecular weight excluding hydrogens is 349 g/mol. The van der Waals surface area contributed by atoms with Gasteiger partial charge in [-0.25, -0.2) is 0 Å². The second-order valence-corrected chi connectivity index (χ2v) is 5.62. The number of aromatic nitrogens is 2. The first-order valence-corrected chi connectivity index (χ1v) is 6.75. The van der Waals surface area contributed by atoms with Gasteiger partial charge in [0.1, 0.15) is 0 Å². The van der Waals surface area contributed by atoms with Crippen molar-refractivity contribution in [3.05, 3.63) is 50.8 Å². The minimum atomic E-state index is -0.0643. The van der Waals surface area contributed by atoms with Crippen LogP contribution < -0.4 is 5.73 Å². The van der Waals surface area contributed by atoms with E-state index in [9.17, 15) is 0 Å². The Bertz CT molecular complexity index is 510. The van der Waals surface area contributed by atoms with Crippen LogP contribution in [0.4, 0.5) is 0 Å². The van der Waals surface area contributed by atoms with E-state index < -0.39 is 0 Å². The van der Waals surface area contributed by atoms with E-state index in [4.69, 9.17) is 17.3 Å². The van der Waals surface area contributed by atoms with Crippen LogP contribution in [0.1, 0.15) is 18.5 Å². The van der Waals surface area contributed by atoms with E-state index >= 15 is 0 Å². The molecule has 1 aromatic carbocycles. The monoisotopic (exact) mass is 361 g/mol. The van der Waals surface area contributed by atoms with Gasteiger partial charge in [0, 0.05) is 17.3 Å². The molecule has 0 aliphatic carbocycles. The van der Waals surface area contributed by atoms with Crippen LogP contribution >= 0.6 is 34.2 Å². The number of rotatable bonds is 3. The van der Waals surface area contributed by atoms with Gasteiger partial charge >= 0.3 is 0 Å². The summed E-state index contributed by atoms with van der Waals surface area (Å²) in [4.78, 5) is 0. The maximum Gasteiger partial charge on any atom is 0.0931 e. The SMILES string of the molecule is CC(N)C(c1ccccc1Cl)n1cc(I)cn1. The molecule has 5 heteroatoms. The highest BCUT2D eigenvalue weighted by Crippen LogP contribution is 2.27. The first kappa shape index (κ1) is 12.9. The van der Waals surface area contributed by atoms with Crippen molar-refractivity contribution in [2.75, 3.05) is 0 Å². The molecule has 2 N–H and O–H groups in total. The standard InChI is InChI=1S/C12H13ClIN3/c1-8(15)12(17-7-9(14)6-16-17)10-4-2-3-5-11(10)13/h2-8,12H,15H2,1H3. The first-order chi connectivity index (χ1) is 8.09. The molecule has 3 nitrogen and oxygen atoms in total. The first-order valence-electron chi connectivity index (χ1n) is 5.29. The van der Waals surface area contributed by atoms with E-state index in [1.54, 1.807) is 0 Å². The van der Waals surface area contributed by atoms with Gasteiger partial charge < -0.3 is 5.73 Å². The molecule has 90 valence electrons. The van der Waals surface area contributed by atoms with Gasteiger partial charge in [-0.05, 0) is 41.1 Å². The Morgan fingerprint density at radius 3 is 2.65 bits per heavy atom. The summed E-state index contributed by atoms with van der Waals surface area (Å²) in [5, 5.41) is 5.05. The van der Waals surface area contributed by atoms with Gasteiger partial charge in [0.2, 0.25) is 0 Å². The van der Waals surface area contributed by atoms with Gasteiger partial charge in [-0.1, -0.05) is 29.8 Å². The van der Waals surface area contributed by atoms with Crippen molar-refractivity contribution in [2.24, 2.45) is 5.73 Å². The topological polar surface area (TPSA) is 43.8 Å². The van der Waals surface area contributed by atoms with Crippen molar-refractivity contribution in [1.82, 2.24) is 9.78 Å². The second-order valence-electron chi connectivity index (χ2n) is 3.96. The summed E-state index contributed by atoms with van der Waals surface area (Å²) < 4.78 is 2.95. The van der Waals surface area contributed by atoms with Crippen molar-refractivity contribution in [3.8, 4) is 0 Å². The average Bonchev–Trinajstić information content (AvgIpc) is 2.68. The Hall–Kier alpha value is -0.590. The highest BCUT2D eigenvalue weighted by molar-refractivity contribution is 14.1. The fourth-order valence-corrected chi connectivity index (χ4v) is 2.51. The number of benzene rings is 1. The van der Waals surface area contributed by atoms with Gasteiger partial charge in [0.05, 0.1) is 15.8 Å². The van der Waals surface area contributed by atoms with Crippen molar-refractivity contribution in [3.63, 3.8) is 0 Å². The molecule has 2 atom stereocenters. The summed E-state index contributed by atoms with van der Waals surface area (Å²) in [7, 11) is 0.